The Morgan fingerprint density at radius 2 is 2.00 bits per heavy atom. The first-order chi connectivity index (χ1) is 8.08. The van der Waals surface area contributed by atoms with Crippen LogP contribution in [0.25, 0.3) is 11.4 Å². The Morgan fingerprint density at radius 3 is 2.65 bits per heavy atom. The van der Waals surface area contributed by atoms with Crippen LogP contribution in [-0.4, -0.2) is 14.8 Å². The van der Waals surface area contributed by atoms with Crippen molar-refractivity contribution < 1.29 is 0 Å². The van der Waals surface area contributed by atoms with Crippen LogP contribution in [0.5, 0.6) is 0 Å². The quantitative estimate of drug-likeness (QED) is 0.846. The smallest absolute Gasteiger partial charge is 0.163 e. The predicted octanol–water partition coefficient (Wildman–Crippen LogP) is 3.91. The minimum absolute atomic E-state index is 0.531. The molecule has 0 bridgehead atoms. The van der Waals surface area contributed by atoms with Crippen molar-refractivity contribution in [1.29, 1.82) is 0 Å². The summed E-state index contributed by atoms with van der Waals surface area (Å²) in [4.78, 5) is 0. The van der Waals surface area contributed by atoms with Gasteiger partial charge in [0.2, 0.25) is 0 Å². The number of nitrogens with zero attached hydrogens (tertiary/aromatic N) is 3. The van der Waals surface area contributed by atoms with Crippen molar-refractivity contribution in [2.75, 3.05) is 0 Å². The van der Waals surface area contributed by atoms with E-state index >= 15 is 0 Å². The molecule has 0 atom stereocenters. The maximum absolute atomic E-state index is 6.00. The standard InChI is InChI=1S/C12H13Cl2N3/c1-8(2)6-17-7-15-16-12(17)9-3-4-10(13)11(14)5-9/h3-5,7-8H,6H2,1-2H3. The second-order valence-corrected chi connectivity index (χ2v) is 5.14. The lowest BCUT2D eigenvalue weighted by molar-refractivity contribution is 0.525. The molecule has 17 heavy (non-hydrogen) atoms. The molecular formula is C12H13Cl2N3. The minimum atomic E-state index is 0.531. The summed E-state index contributed by atoms with van der Waals surface area (Å²) in [6, 6.07) is 5.48. The van der Waals surface area contributed by atoms with Crippen LogP contribution in [0.15, 0.2) is 24.5 Å². The van der Waals surface area contributed by atoms with Crippen LogP contribution >= 0.6 is 23.2 Å². The third kappa shape index (κ3) is 2.79. The van der Waals surface area contributed by atoms with Gasteiger partial charge in [-0.25, -0.2) is 0 Å². The molecule has 0 N–H and O–H groups in total. The van der Waals surface area contributed by atoms with E-state index in [1.54, 1.807) is 12.4 Å². The average molecular weight is 270 g/mol. The molecule has 0 amide bonds. The van der Waals surface area contributed by atoms with Gasteiger partial charge >= 0.3 is 0 Å². The molecule has 0 radical (unpaired) electrons. The molecule has 2 aromatic rings. The second kappa shape index (κ2) is 5.07. The summed E-state index contributed by atoms with van der Waals surface area (Å²) in [5, 5.41) is 9.14. The Bertz CT molecular complexity index is 520. The van der Waals surface area contributed by atoms with Crippen molar-refractivity contribution >= 4 is 23.2 Å². The van der Waals surface area contributed by atoms with E-state index in [1.165, 1.54) is 0 Å². The van der Waals surface area contributed by atoms with E-state index in [1.807, 2.05) is 16.7 Å². The van der Waals surface area contributed by atoms with Gasteiger partial charge in [0.15, 0.2) is 5.82 Å². The Labute approximate surface area is 110 Å². The highest BCUT2D eigenvalue weighted by atomic mass is 35.5. The molecular weight excluding hydrogens is 257 g/mol. The first-order valence-corrected chi connectivity index (χ1v) is 6.16. The molecule has 1 aromatic carbocycles. The van der Waals surface area contributed by atoms with Crippen LogP contribution in [0.2, 0.25) is 10.0 Å². The molecule has 90 valence electrons. The van der Waals surface area contributed by atoms with Crippen LogP contribution < -0.4 is 0 Å². The van der Waals surface area contributed by atoms with Crippen molar-refractivity contribution in [3.8, 4) is 11.4 Å². The summed E-state index contributed by atoms with van der Waals surface area (Å²) in [6.45, 7) is 5.18. The van der Waals surface area contributed by atoms with Crippen molar-refractivity contribution in [2.45, 2.75) is 20.4 Å². The molecule has 0 saturated carbocycles. The molecule has 0 aliphatic carbocycles. The lowest BCUT2D eigenvalue weighted by atomic mass is 10.2. The van der Waals surface area contributed by atoms with Gasteiger partial charge in [-0.3, -0.25) is 0 Å². The molecule has 0 fully saturated rings. The normalized spacial score (nSPS) is 11.1. The molecule has 5 heteroatoms. The zero-order chi connectivity index (χ0) is 12.4. The summed E-state index contributed by atoms with van der Waals surface area (Å²) in [7, 11) is 0. The molecule has 0 spiro atoms. The third-order valence-electron chi connectivity index (χ3n) is 2.36. The number of hydrogen-bond acceptors (Lipinski definition) is 2. The van der Waals surface area contributed by atoms with Crippen LogP contribution in [0.1, 0.15) is 13.8 Å². The Balaban J connectivity index is 2.39. The third-order valence-corrected chi connectivity index (χ3v) is 3.09. The summed E-state index contributed by atoms with van der Waals surface area (Å²) >= 11 is 11.9. The molecule has 1 heterocycles. The maximum Gasteiger partial charge on any atom is 0.163 e. The van der Waals surface area contributed by atoms with E-state index in [-0.39, 0.29) is 0 Å². The van der Waals surface area contributed by atoms with Crippen molar-refractivity contribution in [1.82, 2.24) is 14.8 Å². The number of benzene rings is 1. The van der Waals surface area contributed by atoms with Crippen LogP contribution in [0.4, 0.5) is 0 Å². The van der Waals surface area contributed by atoms with Gasteiger partial charge in [-0.15, -0.1) is 10.2 Å². The van der Waals surface area contributed by atoms with E-state index in [0.29, 0.717) is 16.0 Å². The topological polar surface area (TPSA) is 30.7 Å². The van der Waals surface area contributed by atoms with E-state index in [4.69, 9.17) is 23.2 Å². The summed E-state index contributed by atoms with van der Waals surface area (Å²) < 4.78 is 2.02. The number of halogens is 2. The lowest BCUT2D eigenvalue weighted by Gasteiger charge is -2.09. The minimum Gasteiger partial charge on any atom is -0.313 e. The monoisotopic (exact) mass is 269 g/mol. The molecule has 0 aliphatic heterocycles. The fourth-order valence-electron chi connectivity index (χ4n) is 1.64. The molecule has 3 nitrogen and oxygen atoms in total. The highest BCUT2D eigenvalue weighted by Gasteiger charge is 2.10. The van der Waals surface area contributed by atoms with Gasteiger partial charge in [-0.2, -0.15) is 0 Å². The van der Waals surface area contributed by atoms with Crippen molar-refractivity contribution in [2.24, 2.45) is 5.92 Å². The average Bonchev–Trinajstić information content (AvgIpc) is 2.69. The Hall–Kier alpha value is -1.06. The van der Waals surface area contributed by atoms with E-state index in [9.17, 15) is 0 Å². The molecule has 0 unspecified atom stereocenters. The number of rotatable bonds is 3. The summed E-state index contributed by atoms with van der Waals surface area (Å²) in [5.74, 6) is 1.35. The zero-order valence-electron chi connectivity index (χ0n) is 9.69. The van der Waals surface area contributed by atoms with Gasteiger partial charge in [-0.1, -0.05) is 37.0 Å². The number of hydrogen-bond donors (Lipinski definition) is 0. The van der Waals surface area contributed by atoms with Gasteiger partial charge in [0, 0.05) is 12.1 Å². The van der Waals surface area contributed by atoms with Crippen molar-refractivity contribution in [3.05, 3.63) is 34.6 Å². The predicted molar refractivity (Wildman–Crippen MR) is 70.3 cm³/mol. The summed E-state index contributed by atoms with van der Waals surface area (Å²) in [5.41, 5.74) is 0.928. The molecule has 1 aromatic heterocycles. The zero-order valence-corrected chi connectivity index (χ0v) is 11.2. The fraction of sp³-hybridized carbons (Fsp3) is 0.333. The largest absolute Gasteiger partial charge is 0.313 e. The molecule has 0 aliphatic rings. The first kappa shape index (κ1) is 12.4. The maximum atomic E-state index is 6.00. The van der Waals surface area contributed by atoms with E-state index in [0.717, 1.165) is 17.9 Å². The van der Waals surface area contributed by atoms with Gasteiger partial charge in [0.1, 0.15) is 6.33 Å². The highest BCUT2D eigenvalue weighted by Crippen LogP contribution is 2.27. The lowest BCUT2D eigenvalue weighted by Crippen LogP contribution is -2.05. The van der Waals surface area contributed by atoms with E-state index in [2.05, 4.69) is 24.0 Å². The van der Waals surface area contributed by atoms with Crippen molar-refractivity contribution in [3.63, 3.8) is 0 Å². The molecule has 2 rings (SSSR count). The van der Waals surface area contributed by atoms with Gasteiger partial charge in [0.25, 0.3) is 0 Å². The first-order valence-electron chi connectivity index (χ1n) is 5.41. The Kier molecular flexibility index (Phi) is 3.69. The van der Waals surface area contributed by atoms with E-state index < -0.39 is 0 Å². The number of aromatic nitrogens is 3. The second-order valence-electron chi connectivity index (χ2n) is 4.33. The highest BCUT2D eigenvalue weighted by molar-refractivity contribution is 6.42. The SMILES string of the molecule is CC(C)Cn1cnnc1-c1ccc(Cl)c(Cl)c1. The fourth-order valence-corrected chi connectivity index (χ4v) is 1.94. The van der Waals surface area contributed by atoms with Gasteiger partial charge in [-0.05, 0) is 24.1 Å². The van der Waals surface area contributed by atoms with Crippen LogP contribution in [-0.2, 0) is 6.54 Å². The van der Waals surface area contributed by atoms with Crippen LogP contribution in [0, 0.1) is 5.92 Å². The van der Waals surface area contributed by atoms with Gasteiger partial charge < -0.3 is 4.57 Å². The molecule has 0 saturated heterocycles. The van der Waals surface area contributed by atoms with Crippen LogP contribution in [0.3, 0.4) is 0 Å². The summed E-state index contributed by atoms with van der Waals surface area (Å²) in [6.07, 6.45) is 1.73. The van der Waals surface area contributed by atoms with Gasteiger partial charge in [0.05, 0.1) is 10.0 Å². The Morgan fingerprint density at radius 1 is 1.24 bits per heavy atom.